The van der Waals surface area contributed by atoms with Gasteiger partial charge in [0.2, 0.25) is 0 Å². The van der Waals surface area contributed by atoms with Gasteiger partial charge >= 0.3 is 0 Å². The summed E-state index contributed by atoms with van der Waals surface area (Å²) in [6.07, 6.45) is 6.01. The Bertz CT molecular complexity index is 110. The molecule has 0 aromatic carbocycles. The second kappa shape index (κ2) is 5.58. The van der Waals surface area contributed by atoms with E-state index in [1.807, 2.05) is 0 Å². The molecule has 0 heterocycles. The van der Waals surface area contributed by atoms with E-state index in [0.717, 1.165) is 12.3 Å². The molecule has 2 N–H and O–H groups in total. The molecule has 0 spiro atoms. The van der Waals surface area contributed by atoms with Crippen LogP contribution in [0.3, 0.4) is 0 Å². The van der Waals surface area contributed by atoms with Gasteiger partial charge in [-0.2, -0.15) is 0 Å². The first kappa shape index (κ1) is 12.0. The second-order valence-electron chi connectivity index (χ2n) is 4.42. The van der Waals surface area contributed by atoms with Crippen molar-refractivity contribution in [1.82, 2.24) is 0 Å². The lowest BCUT2D eigenvalue weighted by Crippen LogP contribution is -2.40. The molecule has 0 aliphatic rings. The van der Waals surface area contributed by atoms with Crippen LogP contribution in [-0.4, -0.2) is 5.54 Å². The summed E-state index contributed by atoms with van der Waals surface area (Å²) in [5, 5.41) is 0. The van der Waals surface area contributed by atoms with Gasteiger partial charge in [0.15, 0.2) is 0 Å². The van der Waals surface area contributed by atoms with Crippen LogP contribution in [0.4, 0.5) is 0 Å². The van der Waals surface area contributed by atoms with E-state index in [9.17, 15) is 0 Å². The monoisotopic (exact) mass is 171 g/mol. The van der Waals surface area contributed by atoms with Crippen LogP contribution in [-0.2, 0) is 0 Å². The third-order valence-corrected chi connectivity index (χ3v) is 2.55. The minimum atomic E-state index is 0.115. The van der Waals surface area contributed by atoms with Gasteiger partial charge in [0.25, 0.3) is 0 Å². The summed E-state index contributed by atoms with van der Waals surface area (Å²) in [5.41, 5.74) is 6.40. The fourth-order valence-corrected chi connectivity index (χ4v) is 1.77. The zero-order chi connectivity index (χ0) is 9.61. The summed E-state index contributed by atoms with van der Waals surface area (Å²) in [7, 11) is 0. The second-order valence-corrected chi connectivity index (χ2v) is 4.42. The van der Waals surface area contributed by atoms with Crippen molar-refractivity contribution in [3.05, 3.63) is 0 Å². The van der Waals surface area contributed by atoms with Crippen LogP contribution in [0.1, 0.15) is 59.8 Å². The zero-order valence-corrected chi connectivity index (χ0v) is 9.19. The predicted octanol–water partition coefficient (Wildman–Crippen LogP) is 3.33. The average molecular weight is 171 g/mol. The van der Waals surface area contributed by atoms with Crippen molar-refractivity contribution in [3.8, 4) is 0 Å². The van der Waals surface area contributed by atoms with Crippen molar-refractivity contribution in [1.29, 1.82) is 0 Å². The number of nitrogens with two attached hydrogens (primary N) is 1. The van der Waals surface area contributed by atoms with E-state index in [0.29, 0.717) is 0 Å². The third kappa shape index (κ3) is 4.76. The van der Waals surface area contributed by atoms with E-state index in [-0.39, 0.29) is 5.54 Å². The number of unbranched alkanes of at least 4 members (excludes halogenated alkanes) is 1. The first-order chi connectivity index (χ1) is 5.54. The first-order valence-electron chi connectivity index (χ1n) is 5.33. The van der Waals surface area contributed by atoms with Crippen molar-refractivity contribution >= 4 is 0 Å². The molecule has 1 atom stereocenters. The summed E-state index contributed by atoms with van der Waals surface area (Å²) in [5.74, 6) is 0.729. The lowest BCUT2D eigenvalue weighted by atomic mass is 9.83. The maximum atomic E-state index is 6.28. The molecule has 0 amide bonds. The Morgan fingerprint density at radius 2 is 1.83 bits per heavy atom. The Balaban J connectivity index is 3.86. The van der Waals surface area contributed by atoms with Crippen molar-refractivity contribution in [2.24, 2.45) is 11.7 Å². The Morgan fingerprint density at radius 1 is 1.25 bits per heavy atom. The minimum Gasteiger partial charge on any atom is -0.325 e. The molecule has 0 aromatic heterocycles. The summed E-state index contributed by atoms with van der Waals surface area (Å²) >= 11 is 0. The molecule has 0 aliphatic carbocycles. The molecule has 1 nitrogen and oxygen atoms in total. The van der Waals surface area contributed by atoms with Crippen LogP contribution in [0.2, 0.25) is 0 Å². The molecule has 1 unspecified atom stereocenters. The van der Waals surface area contributed by atoms with Crippen LogP contribution in [0.15, 0.2) is 0 Å². The quantitative estimate of drug-likeness (QED) is 0.652. The normalized spacial score (nSPS) is 16.5. The van der Waals surface area contributed by atoms with Gasteiger partial charge in [0.1, 0.15) is 0 Å². The largest absolute Gasteiger partial charge is 0.325 e. The van der Waals surface area contributed by atoms with Gasteiger partial charge in [-0.3, -0.25) is 0 Å². The summed E-state index contributed by atoms with van der Waals surface area (Å²) in [6.45, 7) is 8.94. The van der Waals surface area contributed by atoms with Crippen LogP contribution in [0.25, 0.3) is 0 Å². The molecule has 0 bridgehead atoms. The number of hydrogen-bond donors (Lipinski definition) is 1. The molecule has 0 radical (unpaired) electrons. The molecule has 12 heavy (non-hydrogen) atoms. The summed E-state index contributed by atoms with van der Waals surface area (Å²) in [4.78, 5) is 0. The van der Waals surface area contributed by atoms with Crippen LogP contribution in [0.5, 0.6) is 0 Å². The van der Waals surface area contributed by atoms with Crippen LogP contribution < -0.4 is 5.73 Å². The van der Waals surface area contributed by atoms with Gasteiger partial charge < -0.3 is 5.73 Å². The summed E-state index contributed by atoms with van der Waals surface area (Å²) < 4.78 is 0. The van der Waals surface area contributed by atoms with E-state index in [2.05, 4.69) is 27.7 Å². The first-order valence-corrected chi connectivity index (χ1v) is 5.33. The highest BCUT2D eigenvalue weighted by atomic mass is 14.7. The fraction of sp³-hybridized carbons (Fsp3) is 1.00. The molecule has 1 heteroatoms. The topological polar surface area (TPSA) is 26.0 Å². The molecular weight excluding hydrogens is 146 g/mol. The van der Waals surface area contributed by atoms with Crippen molar-refractivity contribution in [2.45, 2.75) is 65.3 Å². The van der Waals surface area contributed by atoms with Crippen molar-refractivity contribution in [3.63, 3.8) is 0 Å². The van der Waals surface area contributed by atoms with E-state index < -0.39 is 0 Å². The highest BCUT2D eigenvalue weighted by Crippen LogP contribution is 2.23. The smallest absolute Gasteiger partial charge is 0.0154 e. The van der Waals surface area contributed by atoms with Gasteiger partial charge in [-0.1, -0.05) is 40.5 Å². The fourth-order valence-electron chi connectivity index (χ4n) is 1.77. The molecule has 0 aliphatic heterocycles. The average Bonchev–Trinajstić information content (AvgIpc) is 2.00. The van der Waals surface area contributed by atoms with Crippen molar-refractivity contribution < 1.29 is 0 Å². The Kier molecular flexibility index (Phi) is 5.56. The van der Waals surface area contributed by atoms with E-state index in [4.69, 9.17) is 5.73 Å². The predicted molar refractivity (Wildman–Crippen MR) is 56.2 cm³/mol. The lowest BCUT2D eigenvalue weighted by Gasteiger charge is -2.30. The maximum Gasteiger partial charge on any atom is 0.0154 e. The van der Waals surface area contributed by atoms with Crippen molar-refractivity contribution in [2.75, 3.05) is 0 Å². The van der Waals surface area contributed by atoms with Crippen LogP contribution >= 0.6 is 0 Å². The SMILES string of the molecule is CCCCC(N)(CC)CC(C)C. The van der Waals surface area contributed by atoms with Gasteiger partial charge in [-0.05, 0) is 25.2 Å². The van der Waals surface area contributed by atoms with Gasteiger partial charge in [-0.25, -0.2) is 0 Å². The maximum absolute atomic E-state index is 6.28. The molecule has 0 fully saturated rings. The minimum absolute atomic E-state index is 0.115. The van der Waals surface area contributed by atoms with Gasteiger partial charge in [-0.15, -0.1) is 0 Å². The Morgan fingerprint density at radius 3 is 2.17 bits per heavy atom. The highest BCUT2D eigenvalue weighted by Gasteiger charge is 2.22. The Labute approximate surface area is 77.7 Å². The highest BCUT2D eigenvalue weighted by molar-refractivity contribution is 4.83. The lowest BCUT2D eigenvalue weighted by molar-refractivity contribution is 0.301. The van der Waals surface area contributed by atoms with E-state index in [1.54, 1.807) is 0 Å². The number of hydrogen-bond acceptors (Lipinski definition) is 1. The molecule has 74 valence electrons. The van der Waals surface area contributed by atoms with E-state index in [1.165, 1.54) is 25.7 Å². The van der Waals surface area contributed by atoms with Crippen LogP contribution in [0, 0.1) is 5.92 Å². The molecule has 0 saturated heterocycles. The standard InChI is InChI=1S/C11H25N/c1-5-7-8-11(12,6-2)9-10(3)4/h10H,5-9,12H2,1-4H3. The van der Waals surface area contributed by atoms with E-state index >= 15 is 0 Å². The van der Waals surface area contributed by atoms with Gasteiger partial charge in [0, 0.05) is 5.54 Å². The molecule has 0 saturated carbocycles. The molecular formula is C11H25N. The third-order valence-electron chi connectivity index (χ3n) is 2.55. The van der Waals surface area contributed by atoms with Gasteiger partial charge in [0.05, 0.1) is 0 Å². The Hall–Kier alpha value is -0.0400. The summed E-state index contributed by atoms with van der Waals surface area (Å²) in [6, 6.07) is 0. The molecule has 0 rings (SSSR count). The number of rotatable bonds is 6. The zero-order valence-electron chi connectivity index (χ0n) is 9.19. The molecule has 0 aromatic rings.